The zero-order valence-electron chi connectivity index (χ0n) is 14.8. The van der Waals surface area contributed by atoms with Gasteiger partial charge in [-0.05, 0) is 42.7 Å². The number of amides is 1. The summed E-state index contributed by atoms with van der Waals surface area (Å²) < 4.78 is 5.38. The lowest BCUT2D eigenvalue weighted by Crippen LogP contribution is -2.60. The highest BCUT2D eigenvalue weighted by Crippen LogP contribution is 2.32. The zero-order valence-corrected chi connectivity index (χ0v) is 15.6. The molecule has 3 N–H and O–H groups in total. The van der Waals surface area contributed by atoms with E-state index < -0.39 is 11.7 Å². The summed E-state index contributed by atoms with van der Waals surface area (Å²) in [5.74, 6) is -0.174. The van der Waals surface area contributed by atoms with Crippen LogP contribution in [0.3, 0.4) is 0 Å². The number of nitrogens with one attached hydrogen (secondary N) is 2. The van der Waals surface area contributed by atoms with Crippen LogP contribution in [0.15, 0.2) is 54.4 Å². The molecule has 1 unspecified atom stereocenters. The Hall–Kier alpha value is -2.28. The van der Waals surface area contributed by atoms with Crippen molar-refractivity contribution in [2.75, 3.05) is 19.8 Å². The lowest BCUT2D eigenvalue weighted by Gasteiger charge is -2.38. The molecule has 1 aromatic carbocycles. The van der Waals surface area contributed by atoms with Crippen LogP contribution in [0, 0.1) is 0 Å². The molecule has 142 valence electrons. The maximum Gasteiger partial charge on any atom is 0.264 e. The predicted molar refractivity (Wildman–Crippen MR) is 103 cm³/mol. The van der Waals surface area contributed by atoms with E-state index in [1.54, 1.807) is 0 Å². The van der Waals surface area contributed by atoms with Crippen LogP contribution in [-0.2, 0) is 9.53 Å². The molecule has 1 atom stereocenters. The van der Waals surface area contributed by atoms with Crippen molar-refractivity contribution in [2.24, 2.45) is 0 Å². The van der Waals surface area contributed by atoms with Crippen LogP contribution in [0.25, 0.3) is 5.70 Å². The van der Waals surface area contributed by atoms with Gasteiger partial charge in [-0.1, -0.05) is 29.8 Å². The van der Waals surface area contributed by atoms with E-state index in [1.165, 1.54) is 0 Å². The van der Waals surface area contributed by atoms with E-state index in [1.807, 2.05) is 53.6 Å². The lowest BCUT2D eigenvalue weighted by molar-refractivity contribution is -0.129. The summed E-state index contributed by atoms with van der Waals surface area (Å²) in [5.41, 5.74) is 2.12. The molecule has 1 amide bonds. The van der Waals surface area contributed by atoms with Crippen molar-refractivity contribution in [3.05, 3.63) is 65.0 Å². The van der Waals surface area contributed by atoms with Crippen LogP contribution in [0.4, 0.5) is 0 Å². The largest absolute Gasteiger partial charge is 0.394 e. The Morgan fingerprint density at radius 3 is 2.74 bits per heavy atom. The van der Waals surface area contributed by atoms with Gasteiger partial charge in [0.1, 0.15) is 0 Å². The maximum absolute atomic E-state index is 13.1. The van der Waals surface area contributed by atoms with Crippen LogP contribution in [0.1, 0.15) is 18.4 Å². The first-order valence-corrected chi connectivity index (χ1v) is 9.40. The minimum absolute atomic E-state index is 0.102. The Labute approximate surface area is 163 Å². The SMILES string of the molecule is O=C(NC1(CO)CCOCC1)C1NC(c2ccc(Cl)cc2)=C2C=CC=CN21. The molecule has 3 heterocycles. The normalized spacial score (nSPS) is 23.2. The van der Waals surface area contributed by atoms with Gasteiger partial charge in [0.15, 0.2) is 6.17 Å². The molecule has 0 radical (unpaired) electrons. The number of benzene rings is 1. The molecule has 3 aliphatic rings. The fourth-order valence-corrected chi connectivity index (χ4v) is 3.75. The van der Waals surface area contributed by atoms with Gasteiger partial charge in [0.2, 0.25) is 0 Å². The van der Waals surface area contributed by atoms with Gasteiger partial charge in [0.25, 0.3) is 5.91 Å². The summed E-state index contributed by atoms with van der Waals surface area (Å²) in [4.78, 5) is 15.0. The number of ether oxygens (including phenoxy) is 1. The molecule has 6 nitrogen and oxygen atoms in total. The van der Waals surface area contributed by atoms with Crippen molar-refractivity contribution in [2.45, 2.75) is 24.5 Å². The molecule has 1 fully saturated rings. The molecule has 7 heteroatoms. The molecule has 0 aromatic heterocycles. The summed E-state index contributed by atoms with van der Waals surface area (Å²) in [6.45, 7) is 0.963. The van der Waals surface area contributed by atoms with E-state index in [9.17, 15) is 9.90 Å². The number of rotatable bonds is 4. The highest BCUT2D eigenvalue weighted by molar-refractivity contribution is 6.30. The second-order valence-corrected chi connectivity index (χ2v) is 7.40. The van der Waals surface area contributed by atoms with Crippen molar-refractivity contribution >= 4 is 23.2 Å². The molecule has 3 aliphatic heterocycles. The van der Waals surface area contributed by atoms with E-state index in [-0.39, 0.29) is 12.5 Å². The lowest BCUT2D eigenvalue weighted by atomic mass is 9.91. The third-order valence-corrected chi connectivity index (χ3v) is 5.48. The van der Waals surface area contributed by atoms with Crippen LogP contribution in [0.2, 0.25) is 5.02 Å². The van der Waals surface area contributed by atoms with Crippen molar-refractivity contribution in [3.8, 4) is 0 Å². The van der Waals surface area contributed by atoms with Gasteiger partial charge in [-0.2, -0.15) is 0 Å². The monoisotopic (exact) mass is 387 g/mol. The smallest absolute Gasteiger partial charge is 0.264 e. The van der Waals surface area contributed by atoms with Crippen molar-refractivity contribution in [3.63, 3.8) is 0 Å². The second kappa shape index (κ2) is 7.38. The topological polar surface area (TPSA) is 73.8 Å². The maximum atomic E-state index is 13.1. The van der Waals surface area contributed by atoms with Crippen LogP contribution >= 0.6 is 11.6 Å². The fourth-order valence-electron chi connectivity index (χ4n) is 3.63. The number of aliphatic hydroxyl groups excluding tert-OH is 1. The molecular formula is C20H22ClN3O3. The van der Waals surface area contributed by atoms with Crippen molar-refractivity contribution in [1.29, 1.82) is 0 Å². The molecule has 4 rings (SSSR count). The number of nitrogens with zero attached hydrogens (tertiary/aromatic N) is 1. The van der Waals surface area contributed by atoms with E-state index in [4.69, 9.17) is 16.3 Å². The summed E-state index contributed by atoms with van der Waals surface area (Å²) in [6, 6.07) is 7.51. The third-order valence-electron chi connectivity index (χ3n) is 5.23. The Morgan fingerprint density at radius 2 is 2.04 bits per heavy atom. The number of hydrogen-bond acceptors (Lipinski definition) is 5. The fraction of sp³-hybridized carbons (Fsp3) is 0.350. The molecule has 1 saturated heterocycles. The molecule has 0 saturated carbocycles. The number of hydrogen-bond donors (Lipinski definition) is 3. The molecule has 0 bridgehead atoms. The van der Waals surface area contributed by atoms with E-state index in [0.717, 1.165) is 17.0 Å². The average Bonchev–Trinajstić information content (AvgIpc) is 3.09. The first-order chi connectivity index (χ1) is 13.1. The first-order valence-electron chi connectivity index (χ1n) is 9.02. The van der Waals surface area contributed by atoms with Crippen LogP contribution in [-0.4, -0.2) is 47.4 Å². The third kappa shape index (κ3) is 3.48. The minimum Gasteiger partial charge on any atom is -0.394 e. The first kappa shape index (κ1) is 18.1. The van der Waals surface area contributed by atoms with Crippen molar-refractivity contribution in [1.82, 2.24) is 15.5 Å². The number of allylic oxidation sites excluding steroid dienone is 3. The predicted octanol–water partition coefficient (Wildman–Crippen LogP) is 1.98. The van der Waals surface area contributed by atoms with Gasteiger partial charge >= 0.3 is 0 Å². The zero-order chi connectivity index (χ0) is 18.9. The Balaban J connectivity index is 1.58. The minimum atomic E-state index is -0.629. The highest BCUT2D eigenvalue weighted by atomic mass is 35.5. The van der Waals surface area contributed by atoms with Crippen LogP contribution < -0.4 is 10.6 Å². The number of carbonyl (C=O) groups is 1. The summed E-state index contributed by atoms with van der Waals surface area (Å²) in [5, 5.41) is 16.9. The molecular weight excluding hydrogens is 366 g/mol. The number of halogens is 1. The van der Waals surface area contributed by atoms with E-state index in [0.29, 0.717) is 31.1 Å². The second-order valence-electron chi connectivity index (χ2n) is 6.96. The molecule has 1 aromatic rings. The van der Waals surface area contributed by atoms with E-state index >= 15 is 0 Å². The van der Waals surface area contributed by atoms with Gasteiger partial charge in [-0.3, -0.25) is 4.79 Å². The highest BCUT2D eigenvalue weighted by Gasteiger charge is 2.40. The van der Waals surface area contributed by atoms with Gasteiger partial charge in [0.05, 0.1) is 23.5 Å². The molecule has 27 heavy (non-hydrogen) atoms. The van der Waals surface area contributed by atoms with E-state index in [2.05, 4.69) is 10.6 Å². The Kier molecular flexibility index (Phi) is 4.95. The average molecular weight is 388 g/mol. The van der Waals surface area contributed by atoms with Gasteiger partial charge in [-0.15, -0.1) is 0 Å². The Bertz CT molecular complexity index is 810. The van der Waals surface area contributed by atoms with Gasteiger partial charge < -0.3 is 25.4 Å². The van der Waals surface area contributed by atoms with Gasteiger partial charge in [0, 0.05) is 24.4 Å². The number of fused-ring (bicyclic) bond motifs is 1. The summed E-state index contributed by atoms with van der Waals surface area (Å²) in [7, 11) is 0. The molecule has 0 spiro atoms. The Morgan fingerprint density at radius 1 is 1.30 bits per heavy atom. The van der Waals surface area contributed by atoms with Gasteiger partial charge in [-0.25, -0.2) is 0 Å². The molecule has 0 aliphatic carbocycles. The van der Waals surface area contributed by atoms with Crippen LogP contribution in [0.5, 0.6) is 0 Å². The summed E-state index contributed by atoms with van der Waals surface area (Å²) >= 11 is 6.00. The standard InChI is InChI=1S/C20H22ClN3O3/c21-15-6-4-14(5-7-15)17-16-3-1-2-10-24(16)18(22-17)19(26)23-20(13-25)8-11-27-12-9-20/h1-7,10,18,22,25H,8-9,11-13H2,(H,23,26). The number of aliphatic hydroxyl groups is 1. The quantitative estimate of drug-likeness (QED) is 0.736. The van der Waals surface area contributed by atoms with Crippen molar-refractivity contribution < 1.29 is 14.6 Å². The summed E-state index contributed by atoms with van der Waals surface area (Å²) in [6.07, 6.45) is 8.30. The number of carbonyl (C=O) groups excluding carboxylic acids is 1.